The van der Waals surface area contributed by atoms with Gasteiger partial charge in [0.1, 0.15) is 0 Å². The molecule has 0 bridgehead atoms. The van der Waals surface area contributed by atoms with E-state index in [0.717, 1.165) is 45.8 Å². The van der Waals surface area contributed by atoms with Crippen molar-refractivity contribution in [2.75, 3.05) is 24.1 Å². The van der Waals surface area contributed by atoms with E-state index in [0.29, 0.717) is 6.42 Å². The lowest BCUT2D eigenvalue weighted by molar-refractivity contribution is -0.136. The van der Waals surface area contributed by atoms with Gasteiger partial charge in [0, 0.05) is 31.0 Å². The molecule has 178 valence electrons. The van der Waals surface area contributed by atoms with E-state index in [1.165, 1.54) is 16.7 Å². The first kappa shape index (κ1) is 24.3. The summed E-state index contributed by atoms with van der Waals surface area (Å²) in [6, 6.07) is 19.0. The molecule has 0 unspecified atom stereocenters. The van der Waals surface area contributed by atoms with Gasteiger partial charge in [-0.2, -0.15) is 0 Å². The van der Waals surface area contributed by atoms with Crippen LogP contribution in [0.25, 0.3) is 0 Å². The number of carbonyl (C=O) groups is 1. The molecular weight excluding hydrogens is 492 g/mol. The van der Waals surface area contributed by atoms with E-state index in [4.69, 9.17) is 5.11 Å². The van der Waals surface area contributed by atoms with Crippen LogP contribution in [-0.2, 0) is 24.3 Å². The van der Waals surface area contributed by atoms with Crippen molar-refractivity contribution in [3.05, 3.63) is 86.9 Å². The average molecular weight is 523 g/mol. The largest absolute Gasteiger partial charge is 0.481 e. The number of hydrazine groups is 2. The SMILES string of the molecule is Cc1ccc(N2NN(C)c3ccc(CCC(=O)O)c(C)c32)cc1CN(C)Cc1ccccc1Br. The molecule has 34 heavy (non-hydrogen) atoms. The van der Waals surface area contributed by atoms with E-state index in [1.54, 1.807) is 0 Å². The fraction of sp³-hybridized carbons (Fsp3) is 0.296. The highest BCUT2D eigenvalue weighted by Gasteiger charge is 2.28. The molecule has 1 aliphatic heterocycles. The third-order valence-corrected chi connectivity index (χ3v) is 7.17. The molecule has 0 saturated carbocycles. The third-order valence-electron chi connectivity index (χ3n) is 6.39. The first-order valence-corrected chi connectivity index (χ1v) is 12.2. The number of hydrogen-bond acceptors (Lipinski definition) is 5. The molecule has 2 N–H and O–H groups in total. The Morgan fingerprint density at radius 1 is 1.03 bits per heavy atom. The van der Waals surface area contributed by atoms with Gasteiger partial charge in [-0.15, -0.1) is 5.53 Å². The number of anilines is 3. The van der Waals surface area contributed by atoms with Crippen LogP contribution in [0.1, 0.15) is 34.2 Å². The van der Waals surface area contributed by atoms with Crippen LogP contribution in [-0.4, -0.2) is 30.1 Å². The molecule has 0 radical (unpaired) electrons. The van der Waals surface area contributed by atoms with Crippen molar-refractivity contribution in [1.82, 2.24) is 10.4 Å². The molecule has 6 nitrogen and oxygen atoms in total. The fourth-order valence-electron chi connectivity index (χ4n) is 4.47. The monoisotopic (exact) mass is 522 g/mol. The lowest BCUT2D eigenvalue weighted by Crippen LogP contribution is -2.39. The summed E-state index contributed by atoms with van der Waals surface area (Å²) in [5.74, 6) is -0.776. The number of fused-ring (bicyclic) bond motifs is 1. The standard InChI is InChI=1S/C27H31BrN4O2/c1-18-9-12-23(15-22(18)17-30(3)16-21-7-5-6-8-24(21)28)32-27-19(2)20(11-14-26(33)34)10-13-25(27)31(4)29-32/h5-10,12-13,15,29H,11,14,16-17H2,1-4H3,(H,33,34). The summed E-state index contributed by atoms with van der Waals surface area (Å²) in [5, 5.41) is 13.2. The van der Waals surface area contributed by atoms with Gasteiger partial charge < -0.3 is 5.11 Å². The Morgan fingerprint density at radius 2 is 1.76 bits per heavy atom. The van der Waals surface area contributed by atoms with Crippen molar-refractivity contribution < 1.29 is 9.90 Å². The number of benzene rings is 3. The van der Waals surface area contributed by atoms with E-state index in [2.05, 4.69) is 94.7 Å². The Morgan fingerprint density at radius 3 is 2.50 bits per heavy atom. The van der Waals surface area contributed by atoms with Crippen LogP contribution < -0.4 is 15.6 Å². The molecule has 0 aliphatic carbocycles. The number of aryl methyl sites for hydroxylation is 2. The highest BCUT2D eigenvalue weighted by Crippen LogP contribution is 2.41. The molecule has 4 rings (SSSR count). The Kier molecular flexibility index (Phi) is 7.26. The smallest absolute Gasteiger partial charge is 0.303 e. The molecule has 1 aliphatic rings. The van der Waals surface area contributed by atoms with Crippen LogP contribution in [0.3, 0.4) is 0 Å². The summed E-state index contributed by atoms with van der Waals surface area (Å²) in [7, 11) is 4.14. The zero-order chi connectivity index (χ0) is 24.4. The lowest BCUT2D eigenvalue weighted by Gasteiger charge is -2.24. The van der Waals surface area contributed by atoms with Gasteiger partial charge in [0.15, 0.2) is 0 Å². The van der Waals surface area contributed by atoms with E-state index in [9.17, 15) is 4.79 Å². The summed E-state index contributed by atoms with van der Waals surface area (Å²) in [6.07, 6.45) is 0.645. The Labute approximate surface area is 209 Å². The number of carboxylic acids is 1. The second-order valence-corrected chi connectivity index (χ2v) is 9.83. The molecule has 7 heteroatoms. The summed E-state index contributed by atoms with van der Waals surface area (Å²) >= 11 is 3.65. The maximum atomic E-state index is 11.1. The maximum absolute atomic E-state index is 11.1. The first-order valence-electron chi connectivity index (χ1n) is 11.4. The van der Waals surface area contributed by atoms with Crippen LogP contribution >= 0.6 is 15.9 Å². The number of rotatable bonds is 8. The van der Waals surface area contributed by atoms with Crippen molar-refractivity contribution in [1.29, 1.82) is 0 Å². The number of nitrogens with zero attached hydrogens (tertiary/aromatic N) is 3. The topological polar surface area (TPSA) is 59.1 Å². The van der Waals surface area contributed by atoms with Crippen molar-refractivity contribution >= 4 is 39.0 Å². The predicted molar refractivity (Wildman–Crippen MR) is 141 cm³/mol. The number of nitrogens with one attached hydrogen (secondary N) is 1. The second-order valence-electron chi connectivity index (χ2n) is 8.98. The summed E-state index contributed by atoms with van der Waals surface area (Å²) in [4.78, 5) is 13.4. The van der Waals surface area contributed by atoms with Gasteiger partial charge in [0.25, 0.3) is 0 Å². The number of hydrogen-bond donors (Lipinski definition) is 2. The Hall–Kier alpha value is -2.87. The molecule has 0 spiro atoms. The first-order chi connectivity index (χ1) is 16.2. The molecule has 0 amide bonds. The van der Waals surface area contributed by atoms with Gasteiger partial charge in [0.05, 0.1) is 17.1 Å². The van der Waals surface area contributed by atoms with Gasteiger partial charge in [-0.3, -0.25) is 19.7 Å². The van der Waals surface area contributed by atoms with Crippen LogP contribution in [0, 0.1) is 13.8 Å². The minimum absolute atomic E-state index is 0.126. The van der Waals surface area contributed by atoms with Gasteiger partial charge in [0.2, 0.25) is 0 Å². The van der Waals surface area contributed by atoms with E-state index < -0.39 is 5.97 Å². The van der Waals surface area contributed by atoms with Gasteiger partial charge in [-0.25, -0.2) is 0 Å². The second kappa shape index (κ2) is 10.2. The third kappa shape index (κ3) is 5.12. The Balaban J connectivity index is 1.60. The normalized spacial score (nSPS) is 13.0. The zero-order valence-corrected chi connectivity index (χ0v) is 21.7. The van der Waals surface area contributed by atoms with E-state index >= 15 is 0 Å². The van der Waals surface area contributed by atoms with E-state index in [1.807, 2.05) is 24.2 Å². The molecule has 0 fully saturated rings. The molecule has 3 aromatic rings. The van der Waals surface area contributed by atoms with Crippen molar-refractivity contribution in [3.8, 4) is 0 Å². The number of halogens is 1. The average Bonchev–Trinajstić information content (AvgIpc) is 3.13. The molecule has 1 heterocycles. The minimum atomic E-state index is -0.776. The van der Waals surface area contributed by atoms with Crippen LogP contribution in [0.15, 0.2) is 59.1 Å². The maximum Gasteiger partial charge on any atom is 0.303 e. The number of aliphatic carboxylic acids is 1. The highest BCUT2D eigenvalue weighted by molar-refractivity contribution is 9.10. The summed E-state index contributed by atoms with van der Waals surface area (Å²) in [5.41, 5.74) is 12.6. The molecular formula is C27H31BrN4O2. The van der Waals surface area contributed by atoms with Crippen LogP contribution in [0.4, 0.5) is 17.1 Å². The van der Waals surface area contributed by atoms with Crippen molar-refractivity contribution in [2.24, 2.45) is 0 Å². The van der Waals surface area contributed by atoms with Crippen LogP contribution in [0.2, 0.25) is 0 Å². The molecule has 3 aromatic carbocycles. The molecule has 0 saturated heterocycles. The van der Waals surface area contributed by atoms with Gasteiger partial charge in [-0.05, 0) is 79.4 Å². The fourth-order valence-corrected chi connectivity index (χ4v) is 4.88. The molecule has 0 atom stereocenters. The van der Waals surface area contributed by atoms with Gasteiger partial charge >= 0.3 is 5.97 Å². The van der Waals surface area contributed by atoms with Crippen molar-refractivity contribution in [3.63, 3.8) is 0 Å². The highest BCUT2D eigenvalue weighted by atomic mass is 79.9. The quantitative estimate of drug-likeness (QED) is 0.394. The molecule has 0 aromatic heterocycles. The lowest BCUT2D eigenvalue weighted by atomic mass is 10.00. The minimum Gasteiger partial charge on any atom is -0.481 e. The van der Waals surface area contributed by atoms with Crippen molar-refractivity contribution in [2.45, 2.75) is 39.8 Å². The Bertz CT molecular complexity index is 1210. The zero-order valence-electron chi connectivity index (χ0n) is 20.1. The van der Waals surface area contributed by atoms with E-state index in [-0.39, 0.29) is 6.42 Å². The predicted octanol–water partition coefficient (Wildman–Crippen LogP) is 5.72. The number of carboxylic acid groups (broad SMARTS) is 1. The summed E-state index contributed by atoms with van der Waals surface area (Å²) in [6.45, 7) is 5.91. The van der Waals surface area contributed by atoms with Crippen LogP contribution in [0.5, 0.6) is 0 Å². The summed E-state index contributed by atoms with van der Waals surface area (Å²) < 4.78 is 1.13. The van der Waals surface area contributed by atoms with Gasteiger partial charge in [-0.1, -0.05) is 46.3 Å².